The fraction of sp³-hybridized carbons (Fsp3) is 0. The highest BCUT2D eigenvalue weighted by atomic mass is 35.5. The highest BCUT2D eigenvalue weighted by Gasteiger charge is 2.05. The van der Waals surface area contributed by atoms with Gasteiger partial charge in [-0.1, -0.05) is 29.8 Å². The first-order valence-corrected chi connectivity index (χ1v) is 6.43. The third kappa shape index (κ3) is 2.12. The summed E-state index contributed by atoms with van der Waals surface area (Å²) in [5.74, 6) is 0.907. The van der Waals surface area contributed by atoms with E-state index in [1.165, 1.54) is 0 Å². The van der Waals surface area contributed by atoms with Gasteiger partial charge in [-0.15, -0.1) is 11.3 Å². The van der Waals surface area contributed by atoms with E-state index in [9.17, 15) is 0 Å². The Bertz CT molecular complexity index is 611. The zero-order valence-corrected chi connectivity index (χ0v) is 10.4. The number of aromatic nitrogens is 2. The third-order valence-electron chi connectivity index (χ3n) is 2.49. The van der Waals surface area contributed by atoms with Crippen LogP contribution in [0.5, 0.6) is 0 Å². The normalized spacial score (nSPS) is 10.6. The van der Waals surface area contributed by atoms with Crippen LogP contribution in [0.25, 0.3) is 22.0 Å². The summed E-state index contributed by atoms with van der Waals surface area (Å²) in [7, 11) is 0. The molecule has 1 N–H and O–H groups in total. The summed E-state index contributed by atoms with van der Waals surface area (Å²) in [5.41, 5.74) is 2.09. The number of H-pyrrole nitrogens is 1. The van der Waals surface area contributed by atoms with Crippen LogP contribution in [0.3, 0.4) is 0 Å². The van der Waals surface area contributed by atoms with Crippen molar-refractivity contribution < 1.29 is 0 Å². The monoisotopic (exact) mass is 260 g/mol. The number of nitrogens with one attached hydrogen (secondary N) is 1. The van der Waals surface area contributed by atoms with Gasteiger partial charge in [-0.05, 0) is 29.1 Å². The van der Waals surface area contributed by atoms with E-state index in [1.807, 2.05) is 41.9 Å². The molecule has 0 bridgehead atoms. The highest BCUT2D eigenvalue weighted by molar-refractivity contribution is 7.13. The van der Waals surface area contributed by atoms with Gasteiger partial charge in [0, 0.05) is 5.02 Å². The molecule has 0 saturated heterocycles. The molecule has 0 radical (unpaired) electrons. The molecule has 2 heterocycles. The minimum Gasteiger partial charge on any atom is -0.337 e. The second-order valence-corrected chi connectivity index (χ2v) is 5.01. The number of halogens is 1. The predicted octanol–water partition coefficient (Wildman–Crippen LogP) is 4.46. The van der Waals surface area contributed by atoms with Crippen LogP contribution in [0.2, 0.25) is 5.02 Å². The molecule has 2 nitrogen and oxygen atoms in total. The maximum atomic E-state index is 5.86. The molecule has 2 aromatic heterocycles. The van der Waals surface area contributed by atoms with Gasteiger partial charge in [0.15, 0.2) is 0 Å². The van der Waals surface area contributed by atoms with E-state index in [2.05, 4.69) is 16.0 Å². The summed E-state index contributed by atoms with van der Waals surface area (Å²) < 4.78 is 0. The van der Waals surface area contributed by atoms with E-state index in [0.717, 1.165) is 27.0 Å². The average molecular weight is 261 g/mol. The van der Waals surface area contributed by atoms with Gasteiger partial charge in [0.05, 0.1) is 16.8 Å². The van der Waals surface area contributed by atoms with E-state index in [1.54, 1.807) is 11.3 Å². The van der Waals surface area contributed by atoms with Crippen LogP contribution < -0.4 is 0 Å². The molecule has 0 amide bonds. The van der Waals surface area contributed by atoms with Gasteiger partial charge in [0.2, 0.25) is 0 Å². The Morgan fingerprint density at radius 1 is 1.12 bits per heavy atom. The van der Waals surface area contributed by atoms with Crippen LogP contribution in [0.1, 0.15) is 0 Å². The van der Waals surface area contributed by atoms with Crippen LogP contribution in [0.15, 0.2) is 48.0 Å². The number of rotatable bonds is 2. The van der Waals surface area contributed by atoms with Crippen molar-refractivity contribution in [2.45, 2.75) is 0 Å². The summed E-state index contributed by atoms with van der Waals surface area (Å²) in [6.45, 7) is 0. The quantitative estimate of drug-likeness (QED) is 0.724. The Hall–Kier alpha value is -1.58. The Labute approximate surface area is 108 Å². The van der Waals surface area contributed by atoms with Crippen molar-refractivity contribution in [2.24, 2.45) is 0 Å². The van der Waals surface area contributed by atoms with E-state index >= 15 is 0 Å². The van der Waals surface area contributed by atoms with Gasteiger partial charge in [-0.2, -0.15) is 0 Å². The molecule has 0 aliphatic rings. The van der Waals surface area contributed by atoms with Crippen LogP contribution >= 0.6 is 22.9 Å². The fourth-order valence-corrected chi connectivity index (χ4v) is 2.44. The number of imidazole rings is 1. The summed E-state index contributed by atoms with van der Waals surface area (Å²) in [5, 5.41) is 2.78. The van der Waals surface area contributed by atoms with E-state index in [-0.39, 0.29) is 0 Å². The van der Waals surface area contributed by atoms with Crippen molar-refractivity contribution in [1.29, 1.82) is 0 Å². The lowest BCUT2D eigenvalue weighted by atomic mass is 10.2. The van der Waals surface area contributed by atoms with Crippen molar-refractivity contribution in [3.8, 4) is 22.0 Å². The molecule has 0 aliphatic carbocycles. The fourth-order valence-electron chi connectivity index (χ4n) is 1.64. The zero-order chi connectivity index (χ0) is 11.7. The Balaban J connectivity index is 1.98. The summed E-state index contributed by atoms with van der Waals surface area (Å²) in [6.07, 6.45) is 1.85. The number of aromatic amines is 1. The average Bonchev–Trinajstić information content (AvgIpc) is 3.00. The molecule has 0 saturated carbocycles. The molecule has 0 unspecified atom stereocenters. The second kappa shape index (κ2) is 4.35. The molecular formula is C13H9ClN2S. The number of nitrogens with zero attached hydrogens (tertiary/aromatic N) is 1. The van der Waals surface area contributed by atoms with Gasteiger partial charge in [-0.3, -0.25) is 0 Å². The molecule has 0 atom stereocenters. The van der Waals surface area contributed by atoms with Crippen LogP contribution in [0.4, 0.5) is 0 Å². The molecule has 4 heteroatoms. The molecule has 0 spiro atoms. The maximum absolute atomic E-state index is 5.86. The second-order valence-electron chi connectivity index (χ2n) is 3.63. The highest BCUT2D eigenvalue weighted by Crippen LogP contribution is 2.25. The molecule has 1 aromatic carbocycles. The van der Waals surface area contributed by atoms with Crippen LogP contribution in [0, 0.1) is 0 Å². The van der Waals surface area contributed by atoms with Crippen molar-refractivity contribution in [2.75, 3.05) is 0 Å². The predicted molar refractivity (Wildman–Crippen MR) is 72.3 cm³/mol. The van der Waals surface area contributed by atoms with Gasteiger partial charge < -0.3 is 4.98 Å². The van der Waals surface area contributed by atoms with Crippen molar-refractivity contribution in [1.82, 2.24) is 9.97 Å². The minimum atomic E-state index is 0.742. The smallest absolute Gasteiger partial charge is 0.147 e. The van der Waals surface area contributed by atoms with E-state index in [4.69, 9.17) is 11.6 Å². The van der Waals surface area contributed by atoms with E-state index in [0.29, 0.717) is 0 Å². The SMILES string of the molecule is Clc1ccc(-c2cnc(-c3cccs3)[nH]2)cc1. The Morgan fingerprint density at radius 2 is 1.94 bits per heavy atom. The van der Waals surface area contributed by atoms with Crippen molar-refractivity contribution >= 4 is 22.9 Å². The van der Waals surface area contributed by atoms with Crippen LogP contribution in [-0.4, -0.2) is 9.97 Å². The van der Waals surface area contributed by atoms with Gasteiger partial charge in [0.1, 0.15) is 5.82 Å². The molecule has 3 rings (SSSR count). The number of thiophene rings is 1. The van der Waals surface area contributed by atoms with Gasteiger partial charge >= 0.3 is 0 Å². The summed E-state index contributed by atoms with van der Waals surface area (Å²) >= 11 is 7.53. The number of hydrogen-bond acceptors (Lipinski definition) is 2. The number of hydrogen-bond donors (Lipinski definition) is 1. The Morgan fingerprint density at radius 3 is 2.65 bits per heavy atom. The lowest BCUT2D eigenvalue weighted by Crippen LogP contribution is -1.77. The zero-order valence-electron chi connectivity index (χ0n) is 8.85. The maximum Gasteiger partial charge on any atom is 0.147 e. The largest absolute Gasteiger partial charge is 0.337 e. The summed E-state index contributed by atoms with van der Waals surface area (Å²) in [4.78, 5) is 8.83. The first-order valence-electron chi connectivity index (χ1n) is 5.18. The molecular weight excluding hydrogens is 252 g/mol. The number of benzene rings is 1. The van der Waals surface area contributed by atoms with Crippen molar-refractivity contribution in [3.63, 3.8) is 0 Å². The third-order valence-corrected chi connectivity index (χ3v) is 3.61. The van der Waals surface area contributed by atoms with Gasteiger partial charge in [0.25, 0.3) is 0 Å². The summed E-state index contributed by atoms with van der Waals surface area (Å²) in [6, 6.07) is 11.8. The lowest BCUT2D eigenvalue weighted by molar-refractivity contribution is 1.33. The first kappa shape index (κ1) is 10.6. The van der Waals surface area contributed by atoms with Gasteiger partial charge in [-0.25, -0.2) is 4.98 Å². The molecule has 3 aromatic rings. The topological polar surface area (TPSA) is 28.7 Å². The molecule has 84 valence electrons. The molecule has 0 aliphatic heterocycles. The minimum absolute atomic E-state index is 0.742. The van der Waals surface area contributed by atoms with Crippen LogP contribution in [-0.2, 0) is 0 Å². The molecule has 17 heavy (non-hydrogen) atoms. The lowest BCUT2D eigenvalue weighted by Gasteiger charge is -1.97. The standard InChI is InChI=1S/C13H9ClN2S/c14-10-5-3-9(4-6-10)11-8-15-13(16-11)12-2-1-7-17-12/h1-8H,(H,15,16). The first-order chi connectivity index (χ1) is 8.33. The molecule has 0 fully saturated rings. The van der Waals surface area contributed by atoms with E-state index < -0.39 is 0 Å². The van der Waals surface area contributed by atoms with Crippen molar-refractivity contribution in [3.05, 3.63) is 53.0 Å². The Kier molecular flexibility index (Phi) is 2.71.